The fourth-order valence-electron chi connectivity index (χ4n) is 2.31. The predicted octanol–water partition coefficient (Wildman–Crippen LogP) is 3.61. The molecule has 0 aliphatic heterocycles. The molecule has 0 saturated carbocycles. The summed E-state index contributed by atoms with van der Waals surface area (Å²) in [6.45, 7) is 3.29. The highest BCUT2D eigenvalue weighted by molar-refractivity contribution is 7.89. The van der Waals surface area contributed by atoms with Gasteiger partial charge in [0.05, 0.1) is 11.1 Å². The second kappa shape index (κ2) is 7.94. The van der Waals surface area contributed by atoms with Gasteiger partial charge in [0, 0.05) is 31.5 Å². The Labute approximate surface area is 171 Å². The van der Waals surface area contributed by atoms with E-state index in [1.807, 2.05) is 4.72 Å². The van der Waals surface area contributed by atoms with Gasteiger partial charge in [0.1, 0.15) is 15.7 Å². The molecule has 0 saturated heterocycles. The Morgan fingerprint density at radius 2 is 1.93 bits per heavy atom. The number of alkyl halides is 2. The fraction of sp³-hybridized carbons (Fsp3) is 0.375. The van der Waals surface area contributed by atoms with Crippen LogP contribution in [-0.2, 0) is 17.1 Å². The van der Waals surface area contributed by atoms with Crippen LogP contribution in [0.15, 0.2) is 23.2 Å². The van der Waals surface area contributed by atoms with Crippen LogP contribution < -0.4 is 10.0 Å². The van der Waals surface area contributed by atoms with Gasteiger partial charge in [0.2, 0.25) is 10.0 Å². The average Bonchev–Trinajstić information content (AvgIpc) is 2.80. The molecule has 2 heterocycles. The van der Waals surface area contributed by atoms with Crippen molar-refractivity contribution < 1.29 is 22.0 Å². The molecular weight excluding hydrogens is 437 g/mol. The van der Waals surface area contributed by atoms with E-state index in [9.17, 15) is 22.0 Å². The molecular formula is C16H18Cl2F2N4O3S. The lowest BCUT2D eigenvalue weighted by Crippen LogP contribution is -2.43. The summed E-state index contributed by atoms with van der Waals surface area (Å²) in [4.78, 5) is 16.1. The minimum absolute atomic E-state index is 0.162. The number of aryl methyl sites for hydroxylation is 2. The number of nitrogens with zero attached hydrogens (tertiary/aromatic N) is 2. The number of nitrogens with one attached hydrogen (secondary N) is 2. The highest BCUT2D eigenvalue weighted by Crippen LogP contribution is 2.29. The number of halogens is 4. The van der Waals surface area contributed by atoms with Crippen molar-refractivity contribution in [3.8, 4) is 0 Å². The van der Waals surface area contributed by atoms with Crippen LogP contribution in [0.1, 0.15) is 30.0 Å². The van der Waals surface area contributed by atoms with Gasteiger partial charge < -0.3 is 9.88 Å². The van der Waals surface area contributed by atoms with Gasteiger partial charge in [-0.2, -0.15) is 0 Å². The third kappa shape index (κ3) is 4.99. The summed E-state index contributed by atoms with van der Waals surface area (Å²) in [5.74, 6) is -3.99. The lowest BCUT2D eigenvalue weighted by atomic mass is 10.2. The second-order valence-corrected chi connectivity index (χ2v) is 8.79. The molecule has 12 heteroatoms. The SMILES string of the molecule is Cc1cc(NC(=O)c2c(Cl)c(S(=O)(=O)N[C@H](C)C(C)(F)F)cn2C)cc(Cl)n1. The van der Waals surface area contributed by atoms with Gasteiger partial charge in [-0.25, -0.2) is 26.9 Å². The molecule has 2 aromatic rings. The van der Waals surface area contributed by atoms with Crippen molar-refractivity contribution in [2.75, 3.05) is 5.32 Å². The lowest BCUT2D eigenvalue weighted by Gasteiger charge is -2.20. The minimum atomic E-state index is -4.39. The van der Waals surface area contributed by atoms with Crippen molar-refractivity contribution in [3.05, 3.63) is 39.9 Å². The third-order valence-corrected chi connectivity index (χ3v) is 6.11. The number of carbonyl (C=O) groups is 1. The van der Waals surface area contributed by atoms with Crippen LogP contribution in [0, 0.1) is 6.92 Å². The number of amides is 1. The van der Waals surface area contributed by atoms with E-state index in [-0.39, 0.29) is 10.8 Å². The number of carbonyl (C=O) groups excluding carboxylic acids is 1. The number of sulfonamides is 1. The topological polar surface area (TPSA) is 93.1 Å². The summed E-state index contributed by atoms with van der Waals surface area (Å²) in [5, 5.41) is 2.32. The molecule has 0 radical (unpaired) electrons. The molecule has 2 N–H and O–H groups in total. The van der Waals surface area contributed by atoms with Crippen molar-refractivity contribution >= 4 is 44.8 Å². The largest absolute Gasteiger partial charge is 0.344 e. The van der Waals surface area contributed by atoms with E-state index in [0.29, 0.717) is 18.3 Å². The summed E-state index contributed by atoms with van der Waals surface area (Å²) in [6.07, 6.45) is 1.07. The van der Waals surface area contributed by atoms with Gasteiger partial charge >= 0.3 is 0 Å². The molecule has 0 aliphatic carbocycles. The van der Waals surface area contributed by atoms with Gasteiger partial charge in [-0.3, -0.25) is 4.79 Å². The maximum absolute atomic E-state index is 13.3. The standard InChI is InChI=1S/C16H18Cl2F2N4O3S/c1-8-5-10(6-12(17)21-8)22-15(25)14-13(18)11(7-24(14)4)28(26,27)23-9(2)16(3,19)20/h5-7,9,23H,1-4H3,(H,21,22,25)/t9-/m1/s1. The number of rotatable bonds is 6. The van der Waals surface area contributed by atoms with E-state index in [1.165, 1.54) is 17.7 Å². The van der Waals surface area contributed by atoms with Crippen molar-refractivity contribution in [1.29, 1.82) is 0 Å². The monoisotopic (exact) mass is 454 g/mol. The Balaban J connectivity index is 2.36. The minimum Gasteiger partial charge on any atom is -0.344 e. The number of anilines is 1. The maximum atomic E-state index is 13.3. The van der Waals surface area contributed by atoms with E-state index in [4.69, 9.17) is 23.2 Å². The van der Waals surface area contributed by atoms with Crippen LogP contribution in [-0.4, -0.2) is 35.8 Å². The molecule has 2 aromatic heterocycles. The first-order chi connectivity index (χ1) is 12.7. The molecule has 28 heavy (non-hydrogen) atoms. The Hall–Kier alpha value is -1.75. The quantitative estimate of drug-likeness (QED) is 0.651. The van der Waals surface area contributed by atoms with E-state index < -0.39 is 37.8 Å². The molecule has 0 fully saturated rings. The highest BCUT2D eigenvalue weighted by atomic mass is 35.5. The molecule has 0 aliphatic rings. The zero-order chi connectivity index (χ0) is 21.4. The molecule has 0 aromatic carbocycles. The van der Waals surface area contributed by atoms with Crippen LogP contribution in [0.5, 0.6) is 0 Å². The summed E-state index contributed by atoms with van der Waals surface area (Å²) in [5.41, 5.74) is 0.729. The highest BCUT2D eigenvalue weighted by Gasteiger charge is 2.36. The molecule has 7 nitrogen and oxygen atoms in total. The van der Waals surface area contributed by atoms with Crippen molar-refractivity contribution in [2.45, 2.75) is 37.6 Å². The van der Waals surface area contributed by atoms with Gasteiger partial charge in [-0.15, -0.1) is 0 Å². The fourth-order valence-corrected chi connectivity index (χ4v) is 4.56. The summed E-state index contributed by atoms with van der Waals surface area (Å²) >= 11 is 12.0. The molecule has 1 atom stereocenters. The normalized spacial score (nSPS) is 13.4. The van der Waals surface area contributed by atoms with Crippen LogP contribution in [0.3, 0.4) is 0 Å². The van der Waals surface area contributed by atoms with Crippen LogP contribution >= 0.6 is 23.2 Å². The molecule has 1 amide bonds. The predicted molar refractivity (Wildman–Crippen MR) is 103 cm³/mol. The van der Waals surface area contributed by atoms with E-state index in [0.717, 1.165) is 13.1 Å². The van der Waals surface area contributed by atoms with Crippen LogP contribution in [0.2, 0.25) is 10.2 Å². The van der Waals surface area contributed by atoms with Gasteiger partial charge in [0.15, 0.2) is 0 Å². The zero-order valence-electron chi connectivity index (χ0n) is 15.3. The summed E-state index contributed by atoms with van der Waals surface area (Å²) in [7, 11) is -2.98. The Morgan fingerprint density at radius 1 is 1.32 bits per heavy atom. The average molecular weight is 455 g/mol. The van der Waals surface area contributed by atoms with E-state index >= 15 is 0 Å². The van der Waals surface area contributed by atoms with Gasteiger partial charge in [-0.1, -0.05) is 23.2 Å². The van der Waals surface area contributed by atoms with Crippen molar-refractivity contribution in [1.82, 2.24) is 14.3 Å². The lowest BCUT2D eigenvalue weighted by molar-refractivity contribution is -0.00488. The van der Waals surface area contributed by atoms with E-state index in [2.05, 4.69) is 10.3 Å². The van der Waals surface area contributed by atoms with Gasteiger partial charge in [0.25, 0.3) is 11.8 Å². The van der Waals surface area contributed by atoms with Gasteiger partial charge in [-0.05, 0) is 26.0 Å². The van der Waals surface area contributed by atoms with E-state index in [1.54, 1.807) is 13.0 Å². The number of hydrogen-bond donors (Lipinski definition) is 2. The number of pyridine rings is 1. The molecule has 0 spiro atoms. The Kier molecular flexibility index (Phi) is 6.39. The smallest absolute Gasteiger partial charge is 0.273 e. The summed E-state index contributed by atoms with van der Waals surface area (Å²) in [6, 6.07) is 1.30. The van der Waals surface area contributed by atoms with Crippen LogP contribution in [0.4, 0.5) is 14.5 Å². The molecule has 0 bridgehead atoms. The molecule has 154 valence electrons. The first kappa shape index (κ1) is 22.5. The van der Waals surface area contributed by atoms with Crippen molar-refractivity contribution in [2.24, 2.45) is 7.05 Å². The first-order valence-corrected chi connectivity index (χ1v) is 10.2. The Bertz CT molecular complexity index is 999. The zero-order valence-corrected chi connectivity index (χ0v) is 17.7. The second-order valence-electron chi connectivity index (χ2n) is 6.34. The van der Waals surface area contributed by atoms with Crippen LogP contribution in [0.25, 0.3) is 0 Å². The third-order valence-electron chi connectivity index (χ3n) is 3.86. The Morgan fingerprint density at radius 3 is 2.46 bits per heavy atom. The summed E-state index contributed by atoms with van der Waals surface area (Å²) < 4.78 is 54.6. The first-order valence-electron chi connectivity index (χ1n) is 7.93. The number of aromatic nitrogens is 2. The molecule has 0 unspecified atom stereocenters. The van der Waals surface area contributed by atoms with Crippen molar-refractivity contribution in [3.63, 3.8) is 0 Å². The maximum Gasteiger partial charge on any atom is 0.273 e. The molecule has 2 rings (SSSR count). The number of hydrogen-bond acceptors (Lipinski definition) is 4.